The molecule has 1 aliphatic rings. The van der Waals surface area contributed by atoms with Crippen molar-refractivity contribution in [2.24, 2.45) is 0 Å². The van der Waals surface area contributed by atoms with Crippen LogP contribution in [-0.4, -0.2) is 22.3 Å². The monoisotopic (exact) mass is 346 g/mol. The second-order valence-electron chi connectivity index (χ2n) is 6.59. The summed E-state index contributed by atoms with van der Waals surface area (Å²) in [5, 5.41) is 1.06. The van der Waals surface area contributed by atoms with Gasteiger partial charge >= 0.3 is 0 Å². The van der Waals surface area contributed by atoms with Gasteiger partial charge in [-0.1, -0.05) is 25.1 Å². The summed E-state index contributed by atoms with van der Waals surface area (Å²) in [5.41, 5.74) is 3.03. The van der Waals surface area contributed by atoms with Gasteiger partial charge in [0.1, 0.15) is 11.3 Å². The van der Waals surface area contributed by atoms with Crippen LogP contribution in [0, 0.1) is 0 Å². The number of benzene rings is 1. The lowest BCUT2D eigenvalue weighted by atomic mass is 10.1. The predicted molar refractivity (Wildman–Crippen MR) is 103 cm³/mol. The Labute approximate surface area is 153 Å². The molecular weight excluding hydrogens is 324 g/mol. The Morgan fingerprint density at radius 2 is 2.08 bits per heavy atom. The molecule has 0 N–H and O–H groups in total. The summed E-state index contributed by atoms with van der Waals surface area (Å²) in [7, 11) is 0. The molecule has 1 amide bonds. The zero-order valence-corrected chi connectivity index (χ0v) is 14.9. The van der Waals surface area contributed by atoms with Crippen LogP contribution in [0.5, 0.6) is 0 Å². The number of aromatic nitrogens is 1. The quantitative estimate of drug-likeness (QED) is 0.640. The Kier molecular flexibility index (Phi) is 4.57. The minimum atomic E-state index is 0.0525. The highest BCUT2D eigenvalue weighted by Crippen LogP contribution is 2.32. The molecule has 4 nitrogen and oxygen atoms in total. The molecule has 4 heteroatoms. The lowest BCUT2D eigenvalue weighted by molar-refractivity contribution is -0.126. The highest BCUT2D eigenvalue weighted by atomic mass is 16.3. The van der Waals surface area contributed by atoms with E-state index in [1.54, 1.807) is 18.5 Å². The largest absolute Gasteiger partial charge is 0.460 e. The van der Waals surface area contributed by atoms with Crippen LogP contribution in [0.3, 0.4) is 0 Å². The summed E-state index contributed by atoms with van der Waals surface area (Å²) in [6.07, 6.45) is 10.0. The molecule has 1 fully saturated rings. The van der Waals surface area contributed by atoms with E-state index in [1.807, 2.05) is 47.4 Å². The normalized spacial score (nSPS) is 17.4. The minimum absolute atomic E-state index is 0.0525. The van der Waals surface area contributed by atoms with Crippen molar-refractivity contribution in [2.75, 3.05) is 6.54 Å². The van der Waals surface area contributed by atoms with Crippen molar-refractivity contribution < 1.29 is 9.21 Å². The average Bonchev–Trinajstić information content (AvgIpc) is 3.31. The molecular formula is C22H22N2O2. The van der Waals surface area contributed by atoms with E-state index in [0.717, 1.165) is 53.7 Å². The van der Waals surface area contributed by atoms with Gasteiger partial charge in [0.25, 0.3) is 0 Å². The molecule has 26 heavy (non-hydrogen) atoms. The first-order valence-corrected chi connectivity index (χ1v) is 9.17. The molecule has 4 rings (SSSR count). The zero-order valence-electron chi connectivity index (χ0n) is 14.9. The number of nitrogens with zero attached hydrogens (tertiary/aromatic N) is 2. The Bertz CT molecular complexity index is 943. The third-order valence-electron chi connectivity index (χ3n) is 5.05. The van der Waals surface area contributed by atoms with E-state index in [2.05, 4.69) is 11.9 Å². The van der Waals surface area contributed by atoms with Crippen LogP contribution in [0.2, 0.25) is 0 Å². The fraction of sp³-hybridized carbons (Fsp3) is 0.273. The fourth-order valence-corrected chi connectivity index (χ4v) is 3.77. The maximum atomic E-state index is 12.9. The summed E-state index contributed by atoms with van der Waals surface area (Å²) >= 11 is 0. The average molecular weight is 346 g/mol. The van der Waals surface area contributed by atoms with Crippen molar-refractivity contribution in [1.29, 1.82) is 0 Å². The van der Waals surface area contributed by atoms with Gasteiger partial charge in [0.15, 0.2) is 0 Å². The Morgan fingerprint density at radius 1 is 1.27 bits per heavy atom. The second-order valence-corrected chi connectivity index (χ2v) is 6.59. The van der Waals surface area contributed by atoms with Crippen molar-refractivity contribution in [2.45, 2.75) is 32.2 Å². The first-order chi connectivity index (χ1) is 12.8. The number of aryl methyl sites for hydroxylation is 1. The first kappa shape index (κ1) is 16.6. The lowest BCUT2D eigenvalue weighted by Crippen LogP contribution is -2.28. The molecule has 0 spiro atoms. The predicted octanol–water partition coefficient (Wildman–Crippen LogP) is 4.77. The summed E-state index contributed by atoms with van der Waals surface area (Å²) in [6, 6.07) is 12.1. The van der Waals surface area contributed by atoms with Gasteiger partial charge in [-0.05, 0) is 42.7 Å². The van der Waals surface area contributed by atoms with Crippen LogP contribution in [0.1, 0.15) is 42.7 Å². The number of carbonyl (C=O) groups is 1. The van der Waals surface area contributed by atoms with Crippen LogP contribution < -0.4 is 0 Å². The molecule has 1 atom stereocenters. The van der Waals surface area contributed by atoms with Gasteiger partial charge in [-0.2, -0.15) is 0 Å². The molecule has 3 heterocycles. The van der Waals surface area contributed by atoms with Gasteiger partial charge in [-0.25, -0.2) is 0 Å². The number of hydrogen-bond acceptors (Lipinski definition) is 3. The van der Waals surface area contributed by atoms with Crippen LogP contribution in [-0.2, 0) is 11.2 Å². The fourth-order valence-electron chi connectivity index (χ4n) is 3.77. The van der Waals surface area contributed by atoms with E-state index in [9.17, 15) is 4.79 Å². The van der Waals surface area contributed by atoms with Crippen molar-refractivity contribution in [3.05, 3.63) is 71.8 Å². The number of likely N-dealkylation sites (tertiary alicyclic amines) is 1. The van der Waals surface area contributed by atoms with Crippen molar-refractivity contribution in [3.63, 3.8) is 0 Å². The lowest BCUT2D eigenvalue weighted by Gasteiger charge is -2.23. The molecule has 1 aliphatic heterocycles. The number of rotatable bonds is 4. The smallest absolute Gasteiger partial charge is 0.247 e. The third-order valence-corrected chi connectivity index (χ3v) is 5.05. The van der Waals surface area contributed by atoms with Gasteiger partial charge in [-0.3, -0.25) is 9.78 Å². The SMILES string of the molecule is CCc1oc2ccccc2c1C=CC(=O)N1CCCC1c1ccncc1. The van der Waals surface area contributed by atoms with Gasteiger partial charge in [0, 0.05) is 42.4 Å². The molecule has 0 saturated carbocycles. The molecule has 0 bridgehead atoms. The molecule has 3 aromatic rings. The van der Waals surface area contributed by atoms with Crippen molar-refractivity contribution >= 4 is 23.0 Å². The first-order valence-electron chi connectivity index (χ1n) is 9.17. The maximum Gasteiger partial charge on any atom is 0.247 e. The Hall–Kier alpha value is -2.88. The number of pyridine rings is 1. The number of amides is 1. The van der Waals surface area contributed by atoms with E-state index in [-0.39, 0.29) is 11.9 Å². The van der Waals surface area contributed by atoms with Crippen molar-refractivity contribution in [1.82, 2.24) is 9.88 Å². The summed E-state index contributed by atoms with van der Waals surface area (Å²) in [5.74, 6) is 0.971. The van der Waals surface area contributed by atoms with Gasteiger partial charge in [0.2, 0.25) is 5.91 Å². The Balaban J connectivity index is 1.60. The van der Waals surface area contributed by atoms with E-state index >= 15 is 0 Å². The molecule has 1 aromatic carbocycles. The highest BCUT2D eigenvalue weighted by Gasteiger charge is 2.28. The zero-order chi connectivity index (χ0) is 17.9. The molecule has 2 aromatic heterocycles. The van der Waals surface area contributed by atoms with Crippen LogP contribution in [0.15, 0.2) is 59.3 Å². The molecule has 0 aliphatic carbocycles. The number of fused-ring (bicyclic) bond motifs is 1. The second kappa shape index (κ2) is 7.16. The molecule has 1 saturated heterocycles. The number of carbonyl (C=O) groups excluding carboxylic acids is 1. The van der Waals surface area contributed by atoms with Gasteiger partial charge in [0.05, 0.1) is 6.04 Å². The molecule has 132 valence electrons. The van der Waals surface area contributed by atoms with Crippen molar-refractivity contribution in [3.8, 4) is 0 Å². The molecule has 1 unspecified atom stereocenters. The minimum Gasteiger partial charge on any atom is -0.460 e. The van der Waals surface area contributed by atoms with E-state index in [1.165, 1.54) is 0 Å². The van der Waals surface area contributed by atoms with Crippen LogP contribution in [0.25, 0.3) is 17.0 Å². The van der Waals surface area contributed by atoms with E-state index in [4.69, 9.17) is 4.42 Å². The van der Waals surface area contributed by atoms with Gasteiger partial charge < -0.3 is 9.32 Å². The summed E-state index contributed by atoms with van der Waals surface area (Å²) in [4.78, 5) is 18.9. The van der Waals surface area contributed by atoms with Crippen LogP contribution >= 0.6 is 0 Å². The van der Waals surface area contributed by atoms with Crippen LogP contribution in [0.4, 0.5) is 0 Å². The summed E-state index contributed by atoms with van der Waals surface area (Å²) in [6.45, 7) is 2.86. The maximum absolute atomic E-state index is 12.9. The topological polar surface area (TPSA) is 46.3 Å². The summed E-state index contributed by atoms with van der Waals surface area (Å²) < 4.78 is 5.91. The number of furan rings is 1. The number of hydrogen-bond donors (Lipinski definition) is 0. The Morgan fingerprint density at radius 3 is 2.88 bits per heavy atom. The molecule has 0 radical (unpaired) electrons. The highest BCUT2D eigenvalue weighted by molar-refractivity contribution is 5.96. The standard InChI is InChI=1S/C22H22N2O2/c1-2-20-18(17-6-3-4-8-21(17)26-20)9-10-22(25)24-15-5-7-19(24)16-11-13-23-14-12-16/h3-4,6,8-14,19H,2,5,7,15H2,1H3. The number of para-hydroxylation sites is 1. The van der Waals surface area contributed by atoms with E-state index in [0.29, 0.717) is 0 Å². The van der Waals surface area contributed by atoms with E-state index < -0.39 is 0 Å². The van der Waals surface area contributed by atoms with Gasteiger partial charge in [-0.15, -0.1) is 0 Å². The third kappa shape index (κ3) is 3.03.